The zero-order valence-electron chi connectivity index (χ0n) is 14.6. The summed E-state index contributed by atoms with van der Waals surface area (Å²) in [6.45, 7) is 3.32. The Hall–Kier alpha value is -2.75. The molecule has 0 aliphatic heterocycles. The molecule has 10 heteroatoms. The van der Waals surface area contributed by atoms with Crippen LogP contribution in [0.3, 0.4) is 0 Å². The number of nitrogens with zero attached hydrogens (tertiary/aromatic N) is 2. The van der Waals surface area contributed by atoms with E-state index in [4.69, 9.17) is 4.74 Å². The van der Waals surface area contributed by atoms with Crippen LogP contribution in [-0.2, 0) is 4.74 Å². The number of thiazole rings is 1. The van der Waals surface area contributed by atoms with Crippen LogP contribution >= 0.6 is 11.3 Å². The molecule has 0 saturated carbocycles. The minimum Gasteiger partial charge on any atom is -0.474 e. The van der Waals surface area contributed by atoms with Crippen LogP contribution in [0.25, 0.3) is 10.2 Å². The molecule has 0 N–H and O–H groups in total. The molecule has 0 atom stereocenters. The fourth-order valence-corrected chi connectivity index (χ4v) is 3.15. The second kappa shape index (κ2) is 7.70. The zero-order chi connectivity index (χ0) is 20.5. The normalized spacial score (nSPS) is 12.6. The molecule has 2 aromatic carbocycles. The SMILES string of the molecule is CC(C)OC(=Nc1nc2ccc(OC(F)(F)F)cc2s1)c1c(F)cccc1F. The van der Waals surface area contributed by atoms with E-state index < -0.39 is 35.4 Å². The Morgan fingerprint density at radius 1 is 1.11 bits per heavy atom. The molecule has 0 bridgehead atoms. The average Bonchev–Trinajstić information content (AvgIpc) is 2.94. The average molecular weight is 416 g/mol. The number of alkyl halides is 3. The summed E-state index contributed by atoms with van der Waals surface area (Å²) in [4.78, 5) is 8.24. The molecule has 0 spiro atoms. The highest BCUT2D eigenvalue weighted by Gasteiger charge is 2.31. The maximum absolute atomic E-state index is 14.1. The highest BCUT2D eigenvalue weighted by atomic mass is 32.1. The first-order valence-corrected chi connectivity index (χ1v) is 8.80. The largest absolute Gasteiger partial charge is 0.573 e. The summed E-state index contributed by atoms with van der Waals surface area (Å²) in [5.41, 5.74) is -0.0901. The number of aromatic nitrogens is 1. The molecule has 4 nitrogen and oxygen atoms in total. The van der Waals surface area contributed by atoms with Crippen molar-refractivity contribution in [2.24, 2.45) is 4.99 Å². The fourth-order valence-electron chi connectivity index (χ4n) is 2.29. The van der Waals surface area contributed by atoms with E-state index in [1.54, 1.807) is 13.8 Å². The Morgan fingerprint density at radius 2 is 1.79 bits per heavy atom. The van der Waals surface area contributed by atoms with E-state index in [-0.39, 0.29) is 11.0 Å². The third-order valence-corrected chi connectivity index (χ3v) is 4.22. The van der Waals surface area contributed by atoms with Crippen molar-refractivity contribution in [1.82, 2.24) is 4.98 Å². The Kier molecular flexibility index (Phi) is 5.50. The number of hydrogen-bond acceptors (Lipinski definition) is 5. The number of fused-ring (bicyclic) bond motifs is 1. The van der Waals surface area contributed by atoms with Gasteiger partial charge in [-0.05, 0) is 38.1 Å². The molecule has 3 aromatic rings. The quantitative estimate of drug-likeness (QED) is 0.299. The zero-order valence-corrected chi connectivity index (χ0v) is 15.4. The fraction of sp³-hybridized carbons (Fsp3) is 0.222. The molecule has 0 fully saturated rings. The summed E-state index contributed by atoms with van der Waals surface area (Å²) in [6.07, 6.45) is -5.25. The molecule has 0 amide bonds. The van der Waals surface area contributed by atoms with Crippen LogP contribution in [0.4, 0.5) is 27.1 Å². The van der Waals surface area contributed by atoms with Gasteiger partial charge in [-0.2, -0.15) is 4.99 Å². The Morgan fingerprint density at radius 3 is 2.39 bits per heavy atom. The summed E-state index contributed by atoms with van der Waals surface area (Å²) >= 11 is 0.928. The second-order valence-corrected chi connectivity index (χ2v) is 6.86. The van der Waals surface area contributed by atoms with E-state index in [2.05, 4.69) is 14.7 Å². The molecule has 0 aliphatic carbocycles. The number of aliphatic imine (C=N–C) groups is 1. The number of hydrogen-bond donors (Lipinski definition) is 0. The molecule has 28 heavy (non-hydrogen) atoms. The summed E-state index contributed by atoms with van der Waals surface area (Å²) in [7, 11) is 0. The van der Waals surface area contributed by atoms with Crippen LogP contribution in [0, 0.1) is 11.6 Å². The van der Waals surface area contributed by atoms with E-state index >= 15 is 0 Å². The summed E-state index contributed by atoms with van der Waals surface area (Å²) in [5, 5.41) is 0.0671. The number of benzene rings is 2. The molecule has 0 unspecified atom stereocenters. The number of rotatable bonds is 4. The van der Waals surface area contributed by atoms with Crippen LogP contribution in [0.15, 0.2) is 41.4 Å². The highest BCUT2D eigenvalue weighted by Crippen LogP contribution is 2.33. The highest BCUT2D eigenvalue weighted by molar-refractivity contribution is 7.22. The van der Waals surface area contributed by atoms with Crippen LogP contribution in [0.2, 0.25) is 0 Å². The van der Waals surface area contributed by atoms with Crippen molar-refractivity contribution in [3.8, 4) is 5.75 Å². The third kappa shape index (κ3) is 4.75. The predicted octanol–water partition coefficient (Wildman–Crippen LogP) is 5.98. The van der Waals surface area contributed by atoms with E-state index in [0.717, 1.165) is 35.6 Å². The van der Waals surface area contributed by atoms with Crippen LogP contribution in [0.5, 0.6) is 5.75 Å². The lowest BCUT2D eigenvalue weighted by Crippen LogP contribution is -2.16. The smallest absolute Gasteiger partial charge is 0.474 e. The Bertz CT molecular complexity index is 1010. The van der Waals surface area contributed by atoms with E-state index in [0.29, 0.717) is 10.2 Å². The van der Waals surface area contributed by atoms with Crippen molar-refractivity contribution in [3.05, 3.63) is 53.6 Å². The molecular weight excluding hydrogens is 403 g/mol. The first-order chi connectivity index (χ1) is 13.1. The van der Waals surface area contributed by atoms with Gasteiger partial charge in [0.05, 0.1) is 16.3 Å². The Labute approximate surface area is 160 Å². The van der Waals surface area contributed by atoms with Crippen LogP contribution in [-0.4, -0.2) is 23.3 Å². The maximum Gasteiger partial charge on any atom is 0.573 e. The van der Waals surface area contributed by atoms with Gasteiger partial charge in [0, 0.05) is 6.07 Å². The topological polar surface area (TPSA) is 43.7 Å². The van der Waals surface area contributed by atoms with Gasteiger partial charge in [0.15, 0.2) is 0 Å². The lowest BCUT2D eigenvalue weighted by molar-refractivity contribution is -0.274. The van der Waals surface area contributed by atoms with Gasteiger partial charge in [-0.1, -0.05) is 17.4 Å². The minimum absolute atomic E-state index is 0.0671. The van der Waals surface area contributed by atoms with Gasteiger partial charge in [0.2, 0.25) is 11.0 Å². The van der Waals surface area contributed by atoms with Crippen molar-refractivity contribution >= 4 is 32.6 Å². The van der Waals surface area contributed by atoms with Gasteiger partial charge in [-0.25, -0.2) is 13.8 Å². The van der Waals surface area contributed by atoms with Gasteiger partial charge in [0.25, 0.3) is 0 Å². The van der Waals surface area contributed by atoms with Gasteiger partial charge < -0.3 is 9.47 Å². The van der Waals surface area contributed by atoms with Crippen molar-refractivity contribution in [2.45, 2.75) is 26.3 Å². The molecule has 0 radical (unpaired) electrons. The minimum atomic E-state index is -4.82. The second-order valence-electron chi connectivity index (χ2n) is 5.85. The monoisotopic (exact) mass is 416 g/mol. The summed E-state index contributed by atoms with van der Waals surface area (Å²) in [6, 6.07) is 6.95. The van der Waals surface area contributed by atoms with Crippen molar-refractivity contribution in [3.63, 3.8) is 0 Å². The van der Waals surface area contributed by atoms with Crippen LogP contribution in [0.1, 0.15) is 19.4 Å². The number of halogens is 5. The molecule has 148 valence electrons. The first-order valence-electron chi connectivity index (χ1n) is 7.98. The van der Waals surface area contributed by atoms with E-state index in [1.165, 1.54) is 12.1 Å². The number of ether oxygens (including phenoxy) is 2. The van der Waals surface area contributed by atoms with Crippen molar-refractivity contribution in [1.29, 1.82) is 0 Å². The van der Waals surface area contributed by atoms with Crippen molar-refractivity contribution in [2.75, 3.05) is 0 Å². The third-order valence-electron chi connectivity index (χ3n) is 3.30. The molecule has 1 heterocycles. The first kappa shape index (κ1) is 20.0. The summed E-state index contributed by atoms with van der Waals surface area (Å²) in [5.74, 6) is -2.43. The predicted molar refractivity (Wildman–Crippen MR) is 95.1 cm³/mol. The van der Waals surface area contributed by atoms with Gasteiger partial charge in [-0.15, -0.1) is 13.2 Å². The molecule has 0 saturated heterocycles. The van der Waals surface area contributed by atoms with E-state index in [9.17, 15) is 22.0 Å². The van der Waals surface area contributed by atoms with Crippen molar-refractivity contribution < 1.29 is 31.4 Å². The molecule has 0 aliphatic rings. The maximum atomic E-state index is 14.1. The Balaban J connectivity index is 2.03. The molecule has 3 rings (SSSR count). The van der Waals surface area contributed by atoms with Crippen LogP contribution < -0.4 is 4.74 Å². The molecule has 1 aromatic heterocycles. The lowest BCUT2D eigenvalue weighted by atomic mass is 10.2. The van der Waals surface area contributed by atoms with Gasteiger partial charge >= 0.3 is 6.36 Å². The summed E-state index contributed by atoms with van der Waals surface area (Å²) < 4.78 is 75.0. The van der Waals surface area contributed by atoms with E-state index in [1.807, 2.05) is 0 Å². The lowest BCUT2D eigenvalue weighted by Gasteiger charge is -2.13. The standard InChI is InChI=1S/C18H13F5N2O2S/c1-9(2)26-16(15-11(19)4-3-5-12(15)20)25-17-24-13-7-6-10(8-14(13)28-17)27-18(21,22)23/h3-9H,1-2H3. The van der Waals surface area contributed by atoms with Gasteiger partial charge in [0.1, 0.15) is 22.9 Å². The van der Waals surface area contributed by atoms with Gasteiger partial charge in [-0.3, -0.25) is 0 Å². The molecular formula is C18H13F5N2O2S.